The predicted octanol–water partition coefficient (Wildman–Crippen LogP) is 2.72. The molecule has 0 aliphatic carbocycles. The van der Waals surface area contributed by atoms with Crippen LogP contribution in [0.25, 0.3) is 0 Å². The topological polar surface area (TPSA) is 142 Å². The first-order chi connectivity index (χ1) is 17.0. The van der Waals surface area contributed by atoms with Crippen molar-refractivity contribution in [1.29, 1.82) is 0 Å². The third kappa shape index (κ3) is 3.68. The molecule has 2 amide bonds. The van der Waals surface area contributed by atoms with E-state index < -0.39 is 53.6 Å². The quantitative estimate of drug-likeness (QED) is 0.473. The SMILES string of the molecule is COc1ccc(C2NC(CC(=O)O)(C(=O)O)C3C(=O)N(c4ccc(C)c(Cl)c4)C(=O)C23)c(OC)c1C. The van der Waals surface area contributed by atoms with Gasteiger partial charge in [-0.15, -0.1) is 0 Å². The summed E-state index contributed by atoms with van der Waals surface area (Å²) in [5.41, 5.74) is -0.328. The number of halogens is 1. The molecule has 10 nitrogen and oxygen atoms in total. The van der Waals surface area contributed by atoms with Gasteiger partial charge in [-0.2, -0.15) is 0 Å². The molecule has 4 atom stereocenters. The van der Waals surface area contributed by atoms with E-state index in [0.29, 0.717) is 27.6 Å². The summed E-state index contributed by atoms with van der Waals surface area (Å²) in [6.45, 7) is 3.49. The Morgan fingerprint density at radius 3 is 2.33 bits per heavy atom. The summed E-state index contributed by atoms with van der Waals surface area (Å²) in [7, 11) is 2.90. The number of carboxylic acids is 2. The van der Waals surface area contributed by atoms with Gasteiger partial charge >= 0.3 is 11.9 Å². The molecule has 2 aromatic rings. The molecule has 0 bridgehead atoms. The molecule has 0 aromatic heterocycles. The molecule has 3 N–H and O–H groups in total. The van der Waals surface area contributed by atoms with Crippen LogP contribution in [0.15, 0.2) is 30.3 Å². The second-order valence-electron chi connectivity index (χ2n) is 8.93. The molecule has 2 aliphatic rings. The zero-order valence-electron chi connectivity index (χ0n) is 20.0. The Morgan fingerprint density at radius 2 is 1.78 bits per heavy atom. The summed E-state index contributed by atoms with van der Waals surface area (Å²) in [4.78, 5) is 52.8. The molecule has 11 heteroatoms. The Labute approximate surface area is 211 Å². The van der Waals surface area contributed by atoms with Crippen LogP contribution < -0.4 is 19.7 Å². The molecule has 4 unspecified atom stereocenters. The van der Waals surface area contributed by atoms with Crippen LogP contribution in [0.2, 0.25) is 5.02 Å². The highest BCUT2D eigenvalue weighted by atomic mass is 35.5. The number of amides is 2. The van der Waals surface area contributed by atoms with Gasteiger partial charge in [-0.1, -0.05) is 23.7 Å². The number of carbonyl (C=O) groups is 4. The summed E-state index contributed by atoms with van der Waals surface area (Å²) < 4.78 is 10.9. The highest BCUT2D eigenvalue weighted by Crippen LogP contribution is 2.53. The highest BCUT2D eigenvalue weighted by molar-refractivity contribution is 6.32. The monoisotopic (exact) mass is 516 g/mol. The first kappa shape index (κ1) is 25.5. The van der Waals surface area contributed by atoms with Crippen molar-refractivity contribution >= 4 is 41.0 Å². The fourth-order valence-electron chi connectivity index (χ4n) is 5.35. The number of fused-ring (bicyclic) bond motifs is 1. The van der Waals surface area contributed by atoms with Gasteiger partial charge < -0.3 is 19.7 Å². The van der Waals surface area contributed by atoms with E-state index in [9.17, 15) is 29.4 Å². The van der Waals surface area contributed by atoms with Crippen molar-refractivity contribution in [3.8, 4) is 11.5 Å². The van der Waals surface area contributed by atoms with E-state index in [2.05, 4.69) is 5.32 Å². The number of aliphatic carboxylic acids is 2. The van der Waals surface area contributed by atoms with Gasteiger partial charge in [0, 0.05) is 22.2 Å². The van der Waals surface area contributed by atoms with Crippen LogP contribution in [0.3, 0.4) is 0 Å². The lowest BCUT2D eigenvalue weighted by Crippen LogP contribution is -2.57. The molecule has 0 saturated carbocycles. The summed E-state index contributed by atoms with van der Waals surface area (Å²) >= 11 is 6.23. The number of imide groups is 1. The molecule has 4 rings (SSSR count). The van der Waals surface area contributed by atoms with Crippen molar-refractivity contribution in [3.63, 3.8) is 0 Å². The number of nitrogens with zero attached hydrogens (tertiary/aromatic N) is 1. The lowest BCUT2D eigenvalue weighted by Gasteiger charge is -2.30. The summed E-state index contributed by atoms with van der Waals surface area (Å²) in [6, 6.07) is 6.85. The Morgan fingerprint density at radius 1 is 1.08 bits per heavy atom. The first-order valence-electron chi connectivity index (χ1n) is 11.1. The molecule has 2 heterocycles. The standard InChI is InChI=1S/C25H25ClN2O8/c1-11-5-6-13(9-15(11)26)28-22(31)18-19(23(28)32)25(24(33)34,10-17(29)30)27-20(18)14-7-8-16(35-3)12(2)21(14)36-4/h5-9,18-20,27H,10H2,1-4H3,(H,29,30)(H,33,34). The number of benzene rings is 2. The number of methoxy groups -OCH3 is 2. The number of hydrogen-bond donors (Lipinski definition) is 3. The predicted molar refractivity (Wildman–Crippen MR) is 128 cm³/mol. The van der Waals surface area contributed by atoms with Crippen molar-refractivity contribution < 1.29 is 38.9 Å². The summed E-state index contributed by atoms with van der Waals surface area (Å²) in [5, 5.41) is 23.0. The number of anilines is 1. The van der Waals surface area contributed by atoms with Crippen molar-refractivity contribution in [3.05, 3.63) is 52.0 Å². The summed E-state index contributed by atoms with van der Waals surface area (Å²) in [5.74, 6) is -6.32. The van der Waals surface area contributed by atoms with Crippen molar-refractivity contribution in [2.24, 2.45) is 11.8 Å². The molecular weight excluding hydrogens is 492 g/mol. The van der Waals surface area contributed by atoms with Crippen LogP contribution in [0.5, 0.6) is 11.5 Å². The van der Waals surface area contributed by atoms with Gasteiger partial charge in [-0.05, 0) is 37.6 Å². The maximum Gasteiger partial charge on any atom is 0.325 e. The lowest BCUT2D eigenvalue weighted by atomic mass is 9.77. The largest absolute Gasteiger partial charge is 0.496 e. The van der Waals surface area contributed by atoms with Gasteiger partial charge in [0.05, 0.1) is 38.2 Å². The number of hydrogen-bond acceptors (Lipinski definition) is 7. The van der Waals surface area contributed by atoms with Gasteiger partial charge in [0.25, 0.3) is 0 Å². The van der Waals surface area contributed by atoms with Gasteiger partial charge in [-0.25, -0.2) is 4.90 Å². The third-order valence-corrected chi connectivity index (χ3v) is 7.43. The van der Waals surface area contributed by atoms with E-state index in [4.69, 9.17) is 21.1 Å². The molecule has 2 fully saturated rings. The smallest absolute Gasteiger partial charge is 0.325 e. The molecular formula is C25H25ClN2O8. The van der Waals surface area contributed by atoms with Crippen LogP contribution >= 0.6 is 11.6 Å². The summed E-state index contributed by atoms with van der Waals surface area (Å²) in [6.07, 6.45) is -0.918. The second-order valence-corrected chi connectivity index (χ2v) is 9.34. The van der Waals surface area contributed by atoms with Gasteiger partial charge in [-0.3, -0.25) is 24.5 Å². The maximum atomic E-state index is 13.8. The number of nitrogens with one attached hydrogen (secondary N) is 1. The van der Waals surface area contributed by atoms with E-state index >= 15 is 0 Å². The maximum absolute atomic E-state index is 13.8. The van der Waals surface area contributed by atoms with E-state index in [1.54, 1.807) is 32.0 Å². The number of carboxylic acid groups (broad SMARTS) is 2. The minimum Gasteiger partial charge on any atom is -0.496 e. The molecule has 0 radical (unpaired) electrons. The van der Waals surface area contributed by atoms with E-state index in [1.165, 1.54) is 26.4 Å². The van der Waals surface area contributed by atoms with Gasteiger partial charge in [0.1, 0.15) is 17.0 Å². The minimum atomic E-state index is -2.24. The van der Waals surface area contributed by atoms with Crippen LogP contribution in [-0.2, 0) is 19.2 Å². The third-order valence-electron chi connectivity index (χ3n) is 7.03. The highest BCUT2D eigenvalue weighted by Gasteiger charge is 2.69. The average Bonchev–Trinajstić information content (AvgIpc) is 3.29. The van der Waals surface area contributed by atoms with Gasteiger partial charge in [0.2, 0.25) is 11.8 Å². The fraction of sp³-hybridized carbons (Fsp3) is 0.360. The second kappa shape index (κ2) is 9.11. The number of aryl methyl sites for hydroxylation is 1. The average molecular weight is 517 g/mol. The molecule has 0 spiro atoms. The fourth-order valence-corrected chi connectivity index (χ4v) is 5.53. The lowest BCUT2D eigenvalue weighted by molar-refractivity contribution is -0.154. The molecule has 36 heavy (non-hydrogen) atoms. The Balaban J connectivity index is 1.93. The number of rotatable bonds is 7. The minimum absolute atomic E-state index is 0.182. The molecule has 2 aliphatic heterocycles. The van der Waals surface area contributed by atoms with Crippen molar-refractivity contribution in [1.82, 2.24) is 5.32 Å². The van der Waals surface area contributed by atoms with E-state index in [1.807, 2.05) is 0 Å². The molecule has 2 aromatic carbocycles. The van der Waals surface area contributed by atoms with E-state index in [0.717, 1.165) is 10.5 Å². The Bertz CT molecular complexity index is 1300. The molecule has 2 saturated heterocycles. The van der Waals surface area contributed by atoms with Crippen LogP contribution in [-0.4, -0.2) is 53.7 Å². The van der Waals surface area contributed by atoms with Crippen LogP contribution in [0, 0.1) is 25.7 Å². The van der Waals surface area contributed by atoms with Crippen LogP contribution in [0.1, 0.15) is 29.2 Å². The van der Waals surface area contributed by atoms with Crippen molar-refractivity contribution in [2.45, 2.75) is 31.8 Å². The zero-order valence-corrected chi connectivity index (χ0v) is 20.8. The number of carbonyl (C=O) groups excluding carboxylic acids is 2. The zero-order chi connectivity index (χ0) is 26.5. The van der Waals surface area contributed by atoms with Crippen LogP contribution in [0.4, 0.5) is 5.69 Å². The van der Waals surface area contributed by atoms with E-state index in [-0.39, 0.29) is 5.69 Å². The van der Waals surface area contributed by atoms with Gasteiger partial charge in [0.15, 0.2) is 0 Å². The number of ether oxygens (including phenoxy) is 2. The Hall–Kier alpha value is -3.63. The molecule has 190 valence electrons. The Kier molecular flexibility index (Phi) is 6.44. The first-order valence-corrected chi connectivity index (χ1v) is 11.4. The normalized spacial score (nSPS) is 25.1. The van der Waals surface area contributed by atoms with Crippen molar-refractivity contribution in [2.75, 3.05) is 19.1 Å².